The van der Waals surface area contributed by atoms with Gasteiger partial charge >= 0.3 is 0 Å². The molecule has 0 saturated heterocycles. The van der Waals surface area contributed by atoms with E-state index in [2.05, 4.69) is 32.2 Å². The number of hydrogen-bond donors (Lipinski definition) is 1. The molecule has 3 aromatic rings. The van der Waals surface area contributed by atoms with E-state index in [9.17, 15) is 10.1 Å². The van der Waals surface area contributed by atoms with Gasteiger partial charge in [-0.2, -0.15) is 5.26 Å². The Labute approximate surface area is 176 Å². The molecule has 1 N–H and O–H groups in total. The van der Waals surface area contributed by atoms with Crippen LogP contribution in [-0.2, 0) is 24.2 Å². The molecule has 29 heavy (non-hydrogen) atoms. The number of anilines is 1. The smallest absolute Gasteiger partial charge is 0.244 e. The quantitative estimate of drug-likeness (QED) is 0.587. The third-order valence-corrected chi connectivity index (χ3v) is 7.81. The average molecular weight is 406 g/mol. The SMILES string of the molecule is CCC(C)(C)[C@@H]1CCc2c(sc(NC(=O)Cn3ccc4ccccc43)c2C#N)C1. The van der Waals surface area contributed by atoms with Crippen LogP contribution in [0.3, 0.4) is 0 Å². The number of aromatic nitrogens is 1. The first-order chi connectivity index (χ1) is 13.9. The van der Waals surface area contributed by atoms with Crippen LogP contribution >= 0.6 is 11.3 Å². The highest BCUT2D eigenvalue weighted by Gasteiger charge is 2.34. The number of carbonyl (C=O) groups excluding carboxylic acids is 1. The molecule has 1 atom stereocenters. The number of thiophene rings is 1. The van der Waals surface area contributed by atoms with Gasteiger partial charge in [0.05, 0.1) is 5.56 Å². The summed E-state index contributed by atoms with van der Waals surface area (Å²) in [7, 11) is 0. The van der Waals surface area contributed by atoms with Gasteiger partial charge in [-0.1, -0.05) is 45.4 Å². The summed E-state index contributed by atoms with van der Waals surface area (Å²) in [6, 6.07) is 12.4. The number of nitrogens with zero attached hydrogens (tertiary/aromatic N) is 2. The lowest BCUT2D eigenvalue weighted by Crippen LogP contribution is -2.28. The second-order valence-electron chi connectivity index (χ2n) is 8.65. The minimum Gasteiger partial charge on any atom is -0.338 e. The summed E-state index contributed by atoms with van der Waals surface area (Å²) in [6.45, 7) is 7.17. The average Bonchev–Trinajstić information content (AvgIpc) is 3.28. The molecular formula is C24H27N3OS. The fourth-order valence-electron chi connectivity index (χ4n) is 4.35. The van der Waals surface area contributed by atoms with Crippen molar-refractivity contribution in [1.29, 1.82) is 5.26 Å². The van der Waals surface area contributed by atoms with E-state index in [1.54, 1.807) is 11.3 Å². The number of amides is 1. The molecule has 4 rings (SSSR count). The molecule has 1 aliphatic carbocycles. The Morgan fingerprint density at radius 1 is 1.34 bits per heavy atom. The Kier molecular flexibility index (Phi) is 5.23. The summed E-state index contributed by atoms with van der Waals surface area (Å²) >= 11 is 1.60. The van der Waals surface area contributed by atoms with Crippen LogP contribution in [-0.4, -0.2) is 10.5 Å². The molecule has 2 aromatic heterocycles. The number of fused-ring (bicyclic) bond motifs is 2. The van der Waals surface area contributed by atoms with Gasteiger partial charge in [-0.05, 0) is 53.7 Å². The second kappa shape index (κ2) is 7.68. The van der Waals surface area contributed by atoms with Crippen molar-refractivity contribution in [3.05, 3.63) is 52.5 Å². The Morgan fingerprint density at radius 2 is 2.14 bits per heavy atom. The largest absolute Gasteiger partial charge is 0.338 e. The number of benzene rings is 1. The maximum atomic E-state index is 12.7. The van der Waals surface area contributed by atoms with Crippen molar-refractivity contribution in [2.75, 3.05) is 5.32 Å². The Hall–Kier alpha value is -2.58. The topological polar surface area (TPSA) is 57.8 Å². The van der Waals surface area contributed by atoms with Crippen molar-refractivity contribution in [2.24, 2.45) is 11.3 Å². The number of rotatable bonds is 5. The van der Waals surface area contributed by atoms with Crippen LogP contribution in [0.5, 0.6) is 0 Å². The summed E-state index contributed by atoms with van der Waals surface area (Å²) < 4.78 is 1.95. The van der Waals surface area contributed by atoms with Gasteiger partial charge in [0, 0.05) is 16.6 Å². The first kappa shape index (κ1) is 19.7. The van der Waals surface area contributed by atoms with Gasteiger partial charge in [0.2, 0.25) is 5.91 Å². The molecule has 1 amide bonds. The first-order valence-electron chi connectivity index (χ1n) is 10.3. The highest BCUT2D eigenvalue weighted by atomic mass is 32.1. The number of carbonyl (C=O) groups is 1. The van der Waals surface area contributed by atoms with E-state index in [1.807, 2.05) is 41.1 Å². The van der Waals surface area contributed by atoms with E-state index in [1.165, 1.54) is 4.88 Å². The van der Waals surface area contributed by atoms with Crippen molar-refractivity contribution >= 4 is 33.1 Å². The summed E-state index contributed by atoms with van der Waals surface area (Å²) in [5.41, 5.74) is 3.16. The molecule has 5 heteroatoms. The maximum Gasteiger partial charge on any atom is 0.244 e. The van der Waals surface area contributed by atoms with Crippen LogP contribution in [0.2, 0.25) is 0 Å². The number of nitriles is 1. The third-order valence-electron chi connectivity index (χ3n) is 6.64. The van der Waals surface area contributed by atoms with Crippen LogP contribution in [0.25, 0.3) is 10.9 Å². The summed E-state index contributed by atoms with van der Waals surface area (Å²) in [6.07, 6.45) is 6.14. The molecule has 2 heterocycles. The third kappa shape index (κ3) is 3.70. The zero-order valence-electron chi connectivity index (χ0n) is 17.3. The fourth-order valence-corrected chi connectivity index (χ4v) is 5.64. The van der Waals surface area contributed by atoms with Crippen molar-refractivity contribution in [1.82, 2.24) is 4.57 Å². The van der Waals surface area contributed by atoms with E-state index in [0.717, 1.165) is 42.1 Å². The lowest BCUT2D eigenvalue weighted by Gasteiger charge is -2.36. The first-order valence-corrected chi connectivity index (χ1v) is 11.1. The normalized spacial score (nSPS) is 16.4. The molecular weight excluding hydrogens is 378 g/mol. The van der Waals surface area contributed by atoms with Crippen molar-refractivity contribution in [3.8, 4) is 6.07 Å². The standard InChI is InChI=1S/C24H27N3OS/c1-4-24(2,3)17-9-10-18-19(14-25)23(29-21(18)13-17)26-22(28)15-27-12-11-16-7-5-6-8-20(16)27/h5-8,11-12,17H,4,9-10,13,15H2,1-3H3,(H,26,28)/t17-/m1/s1. The van der Waals surface area contributed by atoms with E-state index in [-0.39, 0.29) is 12.5 Å². The molecule has 0 unspecified atom stereocenters. The molecule has 1 aliphatic rings. The molecule has 0 saturated carbocycles. The molecule has 0 aliphatic heterocycles. The molecule has 4 nitrogen and oxygen atoms in total. The van der Waals surface area contributed by atoms with Gasteiger partial charge in [0.1, 0.15) is 17.6 Å². The van der Waals surface area contributed by atoms with Crippen LogP contribution in [0.4, 0.5) is 5.00 Å². The molecule has 0 fully saturated rings. The molecule has 0 bridgehead atoms. The maximum absolute atomic E-state index is 12.7. The number of para-hydroxylation sites is 1. The lowest BCUT2D eigenvalue weighted by molar-refractivity contribution is -0.116. The van der Waals surface area contributed by atoms with Gasteiger partial charge in [0.25, 0.3) is 0 Å². The number of hydrogen-bond acceptors (Lipinski definition) is 3. The van der Waals surface area contributed by atoms with E-state index < -0.39 is 0 Å². The van der Waals surface area contributed by atoms with Crippen LogP contribution in [0, 0.1) is 22.7 Å². The van der Waals surface area contributed by atoms with Gasteiger partial charge in [-0.25, -0.2) is 0 Å². The predicted octanol–water partition coefficient (Wildman–Crippen LogP) is 5.75. The second-order valence-corrected chi connectivity index (χ2v) is 9.76. The van der Waals surface area contributed by atoms with Gasteiger partial charge in [-0.15, -0.1) is 11.3 Å². The zero-order valence-corrected chi connectivity index (χ0v) is 18.1. The highest BCUT2D eigenvalue weighted by Crippen LogP contribution is 2.45. The zero-order chi connectivity index (χ0) is 20.6. The van der Waals surface area contributed by atoms with E-state index in [4.69, 9.17) is 0 Å². The highest BCUT2D eigenvalue weighted by molar-refractivity contribution is 7.16. The molecule has 1 aromatic carbocycles. The molecule has 0 radical (unpaired) electrons. The van der Waals surface area contributed by atoms with Gasteiger partial charge in [-0.3, -0.25) is 4.79 Å². The summed E-state index contributed by atoms with van der Waals surface area (Å²) in [5.74, 6) is 0.534. The molecule has 150 valence electrons. The Morgan fingerprint density at radius 3 is 2.90 bits per heavy atom. The van der Waals surface area contributed by atoms with Crippen LogP contribution in [0.15, 0.2) is 36.5 Å². The van der Waals surface area contributed by atoms with Crippen LogP contribution < -0.4 is 5.32 Å². The fraction of sp³-hybridized carbons (Fsp3) is 0.417. The summed E-state index contributed by atoms with van der Waals surface area (Å²) in [4.78, 5) is 14.0. The van der Waals surface area contributed by atoms with Gasteiger partial charge in [0.15, 0.2) is 0 Å². The van der Waals surface area contributed by atoms with E-state index >= 15 is 0 Å². The lowest BCUT2D eigenvalue weighted by atomic mass is 9.69. The van der Waals surface area contributed by atoms with Crippen molar-refractivity contribution in [2.45, 2.75) is 53.0 Å². The predicted molar refractivity (Wildman–Crippen MR) is 119 cm³/mol. The van der Waals surface area contributed by atoms with Gasteiger partial charge < -0.3 is 9.88 Å². The minimum atomic E-state index is -0.0908. The van der Waals surface area contributed by atoms with Crippen LogP contribution in [0.1, 0.15) is 49.6 Å². The minimum absolute atomic E-state index is 0.0908. The molecule has 0 spiro atoms. The monoisotopic (exact) mass is 405 g/mol. The van der Waals surface area contributed by atoms with Crippen molar-refractivity contribution < 1.29 is 4.79 Å². The summed E-state index contributed by atoms with van der Waals surface area (Å²) in [5, 5.41) is 14.6. The number of nitrogens with one attached hydrogen (secondary N) is 1. The Balaban J connectivity index is 1.54. The Bertz CT molecular complexity index is 1100. The van der Waals surface area contributed by atoms with E-state index in [0.29, 0.717) is 21.9 Å². The van der Waals surface area contributed by atoms with Crippen molar-refractivity contribution in [3.63, 3.8) is 0 Å².